The molecule has 1 aromatic carbocycles. The molecule has 0 radical (unpaired) electrons. The molecular formula is C19H27NO3. The molecular weight excluding hydrogens is 290 g/mol. The van der Waals surface area contributed by atoms with Crippen LogP contribution >= 0.6 is 0 Å². The second-order valence-electron chi connectivity index (χ2n) is 7.36. The number of aromatic hydroxyl groups is 1. The number of likely N-dealkylation sites (N-methyl/N-ethyl adjacent to an activating group) is 1. The van der Waals surface area contributed by atoms with Crippen LogP contribution in [0.5, 0.6) is 11.5 Å². The van der Waals surface area contributed by atoms with Crippen LogP contribution in [0.25, 0.3) is 0 Å². The molecule has 4 nitrogen and oxygen atoms in total. The number of ether oxygens (including phenoxy) is 1. The molecule has 2 aliphatic heterocycles. The van der Waals surface area contributed by atoms with E-state index < -0.39 is 6.10 Å². The highest BCUT2D eigenvalue weighted by atomic mass is 16.5. The Kier molecular flexibility index (Phi) is 4.13. The number of ketones is 1. The zero-order chi connectivity index (χ0) is 16.8. The molecule has 0 saturated carbocycles. The fourth-order valence-corrected chi connectivity index (χ4v) is 4.06. The molecule has 1 N–H and O–H groups in total. The van der Waals surface area contributed by atoms with Gasteiger partial charge in [0.25, 0.3) is 0 Å². The van der Waals surface area contributed by atoms with E-state index in [4.69, 9.17) is 4.74 Å². The van der Waals surface area contributed by atoms with Crippen LogP contribution in [0.3, 0.4) is 0 Å². The average molecular weight is 317 g/mol. The van der Waals surface area contributed by atoms with Gasteiger partial charge in [0.2, 0.25) is 0 Å². The summed E-state index contributed by atoms with van der Waals surface area (Å²) >= 11 is 0. The minimum Gasteiger partial charge on any atom is -0.504 e. The van der Waals surface area contributed by atoms with Gasteiger partial charge in [-0.2, -0.15) is 0 Å². The van der Waals surface area contributed by atoms with E-state index in [-0.39, 0.29) is 16.9 Å². The van der Waals surface area contributed by atoms with E-state index >= 15 is 0 Å². The second-order valence-corrected chi connectivity index (χ2v) is 7.36. The highest BCUT2D eigenvalue weighted by Crippen LogP contribution is 2.52. The van der Waals surface area contributed by atoms with Gasteiger partial charge in [-0.05, 0) is 51.4 Å². The van der Waals surface area contributed by atoms with E-state index in [1.54, 1.807) is 6.07 Å². The molecule has 0 aliphatic carbocycles. The van der Waals surface area contributed by atoms with E-state index in [1.165, 1.54) is 5.56 Å². The number of phenolic OH excluding ortho intramolecular Hbond substituents is 1. The second kappa shape index (κ2) is 5.82. The molecule has 0 fully saturated rings. The fraction of sp³-hybridized carbons (Fsp3) is 0.632. The van der Waals surface area contributed by atoms with Crippen LogP contribution in [-0.2, 0) is 16.6 Å². The van der Waals surface area contributed by atoms with Gasteiger partial charge in [-0.1, -0.05) is 19.9 Å². The number of phenols is 1. The molecule has 0 saturated heterocycles. The van der Waals surface area contributed by atoms with Gasteiger partial charge in [0, 0.05) is 23.4 Å². The predicted molar refractivity (Wildman–Crippen MR) is 90.2 cm³/mol. The van der Waals surface area contributed by atoms with Crippen LogP contribution in [0, 0.1) is 0 Å². The molecule has 4 heteroatoms. The molecule has 23 heavy (non-hydrogen) atoms. The Hall–Kier alpha value is -1.55. The van der Waals surface area contributed by atoms with Gasteiger partial charge >= 0.3 is 0 Å². The van der Waals surface area contributed by atoms with Crippen LogP contribution in [0.15, 0.2) is 12.1 Å². The van der Waals surface area contributed by atoms with E-state index in [2.05, 4.69) is 25.8 Å². The Morgan fingerprint density at radius 2 is 2.22 bits per heavy atom. The van der Waals surface area contributed by atoms with Crippen molar-refractivity contribution in [2.45, 2.75) is 64.0 Å². The third kappa shape index (κ3) is 2.53. The first-order valence-corrected chi connectivity index (χ1v) is 8.63. The largest absolute Gasteiger partial charge is 0.504 e. The average Bonchev–Trinajstić information content (AvgIpc) is 2.82. The van der Waals surface area contributed by atoms with Crippen molar-refractivity contribution >= 4 is 5.78 Å². The molecule has 3 atom stereocenters. The minimum atomic E-state index is -0.480. The van der Waals surface area contributed by atoms with Gasteiger partial charge < -0.3 is 14.7 Å². The number of rotatable bonds is 3. The van der Waals surface area contributed by atoms with Crippen molar-refractivity contribution < 1.29 is 14.6 Å². The smallest absolute Gasteiger partial charge is 0.174 e. The molecule has 3 rings (SSSR count). The molecule has 126 valence electrons. The van der Waals surface area contributed by atoms with Crippen LogP contribution in [0.1, 0.15) is 51.2 Å². The monoisotopic (exact) mass is 317 g/mol. The molecule has 0 spiro atoms. The third-order valence-electron chi connectivity index (χ3n) is 5.65. The van der Waals surface area contributed by atoms with Gasteiger partial charge in [0.1, 0.15) is 0 Å². The molecule has 2 aliphatic rings. The van der Waals surface area contributed by atoms with Crippen molar-refractivity contribution in [2.24, 2.45) is 0 Å². The zero-order valence-electron chi connectivity index (χ0n) is 14.6. The Labute approximate surface area is 138 Å². The molecule has 1 aromatic rings. The van der Waals surface area contributed by atoms with Crippen molar-refractivity contribution in [1.29, 1.82) is 0 Å². The van der Waals surface area contributed by atoms with E-state index in [1.807, 2.05) is 13.0 Å². The van der Waals surface area contributed by atoms with Crippen LogP contribution in [0.2, 0.25) is 0 Å². The number of nitrogens with zero attached hydrogens (tertiary/aromatic N) is 1. The van der Waals surface area contributed by atoms with Crippen molar-refractivity contribution in [1.82, 2.24) is 4.90 Å². The van der Waals surface area contributed by atoms with Gasteiger partial charge in [-0.15, -0.1) is 0 Å². The molecule has 0 amide bonds. The lowest BCUT2D eigenvalue weighted by atomic mass is 9.71. The summed E-state index contributed by atoms with van der Waals surface area (Å²) in [6.45, 7) is 7.28. The SMILES string of the molecule is CCCC(=O)[C@@H]1Oc2c(O)ccc3c2[C@@]1(C)CCN(C)[C@@H](C)C3. The molecule has 0 aromatic heterocycles. The van der Waals surface area contributed by atoms with Crippen molar-refractivity contribution in [2.75, 3.05) is 13.6 Å². The molecule has 0 unspecified atom stereocenters. The summed E-state index contributed by atoms with van der Waals surface area (Å²) in [6.07, 6.45) is 2.63. The molecule has 2 heterocycles. The first kappa shape index (κ1) is 16.3. The number of hydrogen-bond acceptors (Lipinski definition) is 4. The predicted octanol–water partition coefficient (Wildman–Crippen LogP) is 3.05. The molecule has 0 bridgehead atoms. The normalized spacial score (nSPS) is 30.3. The first-order chi connectivity index (χ1) is 10.9. The maximum Gasteiger partial charge on any atom is 0.174 e. The number of benzene rings is 1. The van der Waals surface area contributed by atoms with Crippen molar-refractivity contribution in [3.63, 3.8) is 0 Å². The fourth-order valence-electron chi connectivity index (χ4n) is 4.06. The van der Waals surface area contributed by atoms with Crippen molar-refractivity contribution in [3.05, 3.63) is 23.3 Å². The Morgan fingerprint density at radius 3 is 2.91 bits per heavy atom. The summed E-state index contributed by atoms with van der Waals surface area (Å²) in [7, 11) is 2.14. The maximum atomic E-state index is 12.7. The summed E-state index contributed by atoms with van der Waals surface area (Å²) < 4.78 is 6.04. The Balaban J connectivity index is 2.12. The van der Waals surface area contributed by atoms with Crippen LogP contribution in [-0.4, -0.2) is 41.5 Å². The third-order valence-corrected chi connectivity index (χ3v) is 5.65. The Bertz CT molecular complexity index is 627. The van der Waals surface area contributed by atoms with Gasteiger partial charge in [-0.25, -0.2) is 0 Å². The lowest BCUT2D eigenvalue weighted by molar-refractivity contribution is -0.127. The number of hydrogen-bond donors (Lipinski definition) is 1. The highest BCUT2D eigenvalue weighted by Gasteiger charge is 2.51. The lowest BCUT2D eigenvalue weighted by Gasteiger charge is -2.37. The van der Waals surface area contributed by atoms with Crippen LogP contribution in [0.4, 0.5) is 0 Å². The van der Waals surface area contributed by atoms with Gasteiger partial charge in [0.15, 0.2) is 23.4 Å². The maximum absolute atomic E-state index is 12.7. The van der Waals surface area contributed by atoms with E-state index in [9.17, 15) is 9.90 Å². The number of carbonyl (C=O) groups is 1. The summed E-state index contributed by atoms with van der Waals surface area (Å²) in [5.41, 5.74) is 1.91. The zero-order valence-corrected chi connectivity index (χ0v) is 14.6. The van der Waals surface area contributed by atoms with Crippen molar-refractivity contribution in [3.8, 4) is 11.5 Å². The topological polar surface area (TPSA) is 49.8 Å². The standard InChI is InChI=1S/C19H27NO3/c1-5-6-15(22)18-19(3)9-10-20(4)12(2)11-13-7-8-14(21)17(23-18)16(13)19/h7-8,12,18,21H,5-6,9-11H2,1-4H3/t12-,18-,19+/m0/s1. The minimum absolute atomic E-state index is 0.146. The quantitative estimate of drug-likeness (QED) is 0.931. The van der Waals surface area contributed by atoms with Gasteiger partial charge in [-0.3, -0.25) is 4.79 Å². The summed E-state index contributed by atoms with van der Waals surface area (Å²) in [5, 5.41) is 10.3. The summed E-state index contributed by atoms with van der Waals surface area (Å²) in [6, 6.07) is 4.13. The van der Waals surface area contributed by atoms with E-state index in [0.717, 1.165) is 31.4 Å². The van der Waals surface area contributed by atoms with E-state index in [0.29, 0.717) is 18.2 Å². The number of carbonyl (C=O) groups excluding carboxylic acids is 1. The lowest BCUT2D eigenvalue weighted by Crippen LogP contribution is -2.46. The first-order valence-electron chi connectivity index (χ1n) is 8.63. The van der Waals surface area contributed by atoms with Gasteiger partial charge in [0.05, 0.1) is 0 Å². The Morgan fingerprint density at radius 1 is 1.48 bits per heavy atom. The van der Waals surface area contributed by atoms with Crippen LogP contribution < -0.4 is 4.74 Å². The summed E-state index contributed by atoms with van der Waals surface area (Å²) in [4.78, 5) is 15.0. The summed E-state index contributed by atoms with van der Waals surface area (Å²) in [5.74, 6) is 0.840. The number of Topliss-reactive ketones (excluding diaryl/α,β-unsaturated/α-hetero) is 1. The highest BCUT2D eigenvalue weighted by molar-refractivity contribution is 5.87.